The van der Waals surface area contributed by atoms with Gasteiger partial charge in [-0.1, -0.05) is 24.3 Å². The van der Waals surface area contributed by atoms with Crippen molar-refractivity contribution in [1.82, 2.24) is 5.43 Å². The monoisotopic (exact) mass is 315 g/mol. The lowest BCUT2D eigenvalue weighted by Gasteiger charge is -2.01. The number of nitrogens with zero attached hydrogens (tertiary/aromatic N) is 2. The number of benzene rings is 2. The van der Waals surface area contributed by atoms with Gasteiger partial charge in [-0.2, -0.15) is 13.5 Å². The highest BCUT2D eigenvalue weighted by atomic mass is 32.2. The van der Waals surface area contributed by atoms with Gasteiger partial charge in [0.1, 0.15) is 10.6 Å². The minimum Gasteiger partial charge on any atom is -0.497 e. The largest absolute Gasteiger partial charge is 0.497 e. The van der Waals surface area contributed by atoms with Crippen LogP contribution in [0.4, 0.5) is 0 Å². The maximum absolute atomic E-state index is 11.9. The van der Waals surface area contributed by atoms with Crippen LogP contribution in [0, 0.1) is 0 Å². The molecular formula is C15H13N3O3S. The molecule has 1 heterocycles. The maximum atomic E-state index is 11.9. The Morgan fingerprint density at radius 3 is 2.82 bits per heavy atom. The quantitative estimate of drug-likeness (QED) is 0.691. The van der Waals surface area contributed by atoms with E-state index < -0.39 is 10.0 Å². The molecule has 0 spiro atoms. The summed E-state index contributed by atoms with van der Waals surface area (Å²) in [6.45, 7) is 0. The number of methoxy groups -OCH3 is 1. The Labute approximate surface area is 128 Å². The summed E-state index contributed by atoms with van der Waals surface area (Å²) in [4.78, 5) is 0.189. The zero-order valence-corrected chi connectivity index (χ0v) is 12.5. The normalized spacial score (nSPS) is 15.4. The Hall–Kier alpha value is -2.67. The number of ether oxygens (including phenoxy) is 1. The second-order valence-electron chi connectivity index (χ2n) is 4.56. The second-order valence-corrected chi connectivity index (χ2v) is 6.13. The highest BCUT2D eigenvalue weighted by molar-refractivity contribution is 7.90. The molecule has 112 valence electrons. The fraction of sp³-hybridized carbons (Fsp3) is 0.0667. The van der Waals surface area contributed by atoms with E-state index in [0.29, 0.717) is 5.56 Å². The number of sulfonamides is 1. The van der Waals surface area contributed by atoms with Crippen molar-refractivity contribution in [2.75, 3.05) is 7.11 Å². The highest BCUT2D eigenvalue weighted by Crippen LogP contribution is 2.24. The summed E-state index contributed by atoms with van der Waals surface area (Å²) in [5, 5.41) is 4.04. The van der Waals surface area contributed by atoms with Crippen LogP contribution in [0.25, 0.3) is 0 Å². The third kappa shape index (κ3) is 2.71. The standard InChI is InChI=1S/C15H13N3O3S/c1-21-12-6-4-5-11(9-12)10-16-17-15-13-7-2-3-8-14(13)22(19,20)18-15/h2-10H,1H3,(H,17,18)/b16-10-. The molecule has 7 heteroatoms. The van der Waals surface area contributed by atoms with Crippen LogP contribution in [-0.2, 0) is 10.0 Å². The molecule has 1 aliphatic heterocycles. The van der Waals surface area contributed by atoms with E-state index in [1.165, 1.54) is 6.07 Å². The summed E-state index contributed by atoms with van der Waals surface area (Å²) >= 11 is 0. The van der Waals surface area contributed by atoms with Gasteiger partial charge in [-0.15, -0.1) is 4.40 Å². The SMILES string of the molecule is COc1cccc(/C=N\NC2=NS(=O)(=O)c3ccccc32)c1. The van der Waals surface area contributed by atoms with E-state index in [1.54, 1.807) is 31.5 Å². The topological polar surface area (TPSA) is 80.1 Å². The third-order valence-electron chi connectivity index (χ3n) is 3.11. The van der Waals surface area contributed by atoms with Crippen LogP contribution in [0.1, 0.15) is 11.1 Å². The van der Waals surface area contributed by atoms with Gasteiger partial charge in [0.05, 0.1) is 13.3 Å². The first-order valence-corrected chi connectivity index (χ1v) is 7.92. The Morgan fingerprint density at radius 2 is 2.00 bits per heavy atom. The molecule has 0 bridgehead atoms. The first-order valence-electron chi connectivity index (χ1n) is 6.48. The van der Waals surface area contributed by atoms with Crippen LogP contribution >= 0.6 is 0 Å². The Bertz CT molecular complexity index is 873. The minimum absolute atomic E-state index is 0.189. The number of rotatable bonds is 3. The third-order valence-corrected chi connectivity index (χ3v) is 4.44. The highest BCUT2D eigenvalue weighted by Gasteiger charge is 2.28. The van der Waals surface area contributed by atoms with Gasteiger partial charge in [0.25, 0.3) is 10.0 Å². The van der Waals surface area contributed by atoms with Crippen molar-refractivity contribution >= 4 is 22.1 Å². The van der Waals surface area contributed by atoms with Crippen LogP contribution in [0.2, 0.25) is 0 Å². The summed E-state index contributed by atoms with van der Waals surface area (Å²) in [5.41, 5.74) is 4.02. The number of amidine groups is 1. The summed E-state index contributed by atoms with van der Waals surface area (Å²) in [6.07, 6.45) is 1.57. The Kier molecular flexibility index (Phi) is 3.64. The van der Waals surface area contributed by atoms with Crippen molar-refractivity contribution in [1.29, 1.82) is 0 Å². The molecule has 0 unspecified atom stereocenters. The number of hydrogen-bond donors (Lipinski definition) is 1. The van der Waals surface area contributed by atoms with E-state index in [4.69, 9.17) is 4.74 Å². The molecule has 2 aromatic carbocycles. The molecule has 0 saturated heterocycles. The van der Waals surface area contributed by atoms with Gasteiger partial charge < -0.3 is 4.74 Å². The molecule has 2 aromatic rings. The average Bonchev–Trinajstić information content (AvgIpc) is 2.79. The summed E-state index contributed by atoms with van der Waals surface area (Å²) in [6, 6.07) is 14.0. The van der Waals surface area contributed by atoms with Gasteiger partial charge >= 0.3 is 0 Å². The lowest BCUT2D eigenvalue weighted by Crippen LogP contribution is -2.17. The van der Waals surface area contributed by atoms with E-state index in [-0.39, 0.29) is 10.7 Å². The molecular weight excluding hydrogens is 302 g/mol. The van der Waals surface area contributed by atoms with Crippen LogP contribution in [-0.4, -0.2) is 27.6 Å². The molecule has 0 saturated carbocycles. The average molecular weight is 315 g/mol. The molecule has 0 aliphatic carbocycles. The van der Waals surface area contributed by atoms with Crippen molar-refractivity contribution in [3.8, 4) is 5.75 Å². The summed E-state index contributed by atoms with van der Waals surface area (Å²) in [5.74, 6) is 0.935. The van der Waals surface area contributed by atoms with E-state index in [2.05, 4.69) is 14.9 Å². The van der Waals surface area contributed by atoms with Crippen LogP contribution in [0.5, 0.6) is 5.75 Å². The zero-order valence-electron chi connectivity index (χ0n) is 11.7. The fourth-order valence-corrected chi connectivity index (χ4v) is 3.25. The Morgan fingerprint density at radius 1 is 1.18 bits per heavy atom. The Balaban J connectivity index is 1.81. The number of hydrogen-bond acceptors (Lipinski definition) is 5. The molecule has 0 radical (unpaired) electrons. The summed E-state index contributed by atoms with van der Waals surface area (Å²) in [7, 11) is -2.04. The molecule has 0 amide bonds. The van der Waals surface area contributed by atoms with E-state index >= 15 is 0 Å². The first-order chi connectivity index (χ1) is 10.6. The molecule has 22 heavy (non-hydrogen) atoms. The fourth-order valence-electron chi connectivity index (χ4n) is 2.08. The summed E-state index contributed by atoms with van der Waals surface area (Å²) < 4.78 is 32.6. The molecule has 0 aromatic heterocycles. The maximum Gasteiger partial charge on any atom is 0.285 e. The predicted molar refractivity (Wildman–Crippen MR) is 83.9 cm³/mol. The van der Waals surface area contributed by atoms with E-state index in [9.17, 15) is 8.42 Å². The minimum atomic E-state index is -3.63. The molecule has 3 rings (SSSR count). The van der Waals surface area contributed by atoms with Crippen molar-refractivity contribution in [2.24, 2.45) is 9.50 Å². The van der Waals surface area contributed by atoms with Crippen molar-refractivity contribution in [3.05, 3.63) is 59.7 Å². The van der Waals surface area contributed by atoms with Crippen molar-refractivity contribution < 1.29 is 13.2 Å². The van der Waals surface area contributed by atoms with Crippen molar-refractivity contribution in [3.63, 3.8) is 0 Å². The van der Waals surface area contributed by atoms with Crippen LogP contribution in [0.3, 0.4) is 0 Å². The second kappa shape index (κ2) is 5.61. The number of hydrazone groups is 1. The van der Waals surface area contributed by atoms with Gasteiger partial charge in [0.2, 0.25) is 0 Å². The van der Waals surface area contributed by atoms with Crippen molar-refractivity contribution in [2.45, 2.75) is 4.90 Å². The van der Waals surface area contributed by atoms with Gasteiger partial charge in [0.15, 0.2) is 5.84 Å². The van der Waals surface area contributed by atoms with E-state index in [0.717, 1.165) is 11.3 Å². The zero-order chi connectivity index (χ0) is 15.6. The van der Waals surface area contributed by atoms with E-state index in [1.807, 2.05) is 24.3 Å². The van der Waals surface area contributed by atoms with Crippen LogP contribution in [0.15, 0.2) is 62.9 Å². The lowest BCUT2D eigenvalue weighted by molar-refractivity contribution is 0.415. The number of nitrogens with one attached hydrogen (secondary N) is 1. The molecule has 0 fully saturated rings. The molecule has 1 N–H and O–H groups in total. The molecule has 0 atom stereocenters. The van der Waals surface area contributed by atoms with Crippen LogP contribution < -0.4 is 10.2 Å². The smallest absolute Gasteiger partial charge is 0.285 e. The predicted octanol–water partition coefficient (Wildman–Crippen LogP) is 1.77. The molecule has 1 aliphatic rings. The number of fused-ring (bicyclic) bond motifs is 1. The lowest BCUT2D eigenvalue weighted by atomic mass is 10.2. The van der Waals surface area contributed by atoms with Gasteiger partial charge in [0, 0.05) is 5.56 Å². The molecule has 6 nitrogen and oxygen atoms in total. The van der Waals surface area contributed by atoms with Gasteiger partial charge in [-0.05, 0) is 29.8 Å². The van der Waals surface area contributed by atoms with Gasteiger partial charge in [-0.25, -0.2) is 0 Å². The van der Waals surface area contributed by atoms with Gasteiger partial charge in [-0.3, -0.25) is 5.43 Å². The first kappa shape index (κ1) is 14.3.